The average molecular weight is 1900 g/mol. The van der Waals surface area contributed by atoms with Crippen LogP contribution in [0.5, 0.6) is 0 Å². The molecule has 0 bridgehead atoms. The van der Waals surface area contributed by atoms with Gasteiger partial charge >= 0.3 is 0 Å². The molecule has 0 amide bonds. The molecular formula is C141H96N8. The Morgan fingerprint density at radius 3 is 0.812 bits per heavy atom. The molecule has 28 aromatic rings. The minimum Gasteiger partial charge on any atom is -0.310 e. The molecule has 5 heterocycles. The quantitative estimate of drug-likeness (QED) is 0.0798. The summed E-state index contributed by atoms with van der Waals surface area (Å²) in [6, 6.07) is 202. The van der Waals surface area contributed by atoms with Crippen molar-refractivity contribution in [2.45, 2.75) is 0 Å². The van der Waals surface area contributed by atoms with Gasteiger partial charge < -0.3 is 23.8 Å². The molecule has 0 aliphatic heterocycles. The molecule has 5 aromatic heterocycles. The molecule has 0 N–H and O–H groups in total. The van der Waals surface area contributed by atoms with Gasteiger partial charge in [0.2, 0.25) is 0 Å². The Bertz CT molecular complexity index is 9720. The highest BCUT2D eigenvalue weighted by Crippen LogP contribution is 2.49. The van der Waals surface area contributed by atoms with E-state index in [4.69, 9.17) is 15.0 Å². The van der Waals surface area contributed by atoms with Crippen LogP contribution in [0.25, 0.3) is 198 Å². The van der Waals surface area contributed by atoms with Crippen molar-refractivity contribution in [1.29, 1.82) is 0 Å². The van der Waals surface area contributed by atoms with Crippen LogP contribution in [0.15, 0.2) is 583 Å². The van der Waals surface area contributed by atoms with Crippen LogP contribution in [0, 0.1) is 0 Å². The van der Waals surface area contributed by atoms with Crippen LogP contribution in [0.2, 0.25) is 0 Å². The van der Waals surface area contributed by atoms with Crippen molar-refractivity contribution in [1.82, 2.24) is 24.1 Å². The maximum Gasteiger partial charge on any atom is 0.0801 e. The van der Waals surface area contributed by atoms with Crippen LogP contribution in [-0.4, -0.2) is 24.1 Å². The number of nitrogens with zero attached hydrogens (tertiary/aromatic N) is 8. The van der Waals surface area contributed by atoms with E-state index in [-0.39, 0.29) is 0 Å². The molecule has 28 rings (SSSR count). The fourth-order valence-electron chi connectivity index (χ4n) is 21.8. The van der Waals surface area contributed by atoms with Gasteiger partial charge in [0.15, 0.2) is 0 Å². The Balaban J connectivity index is 0.000000113. The number of para-hydroxylation sites is 5. The summed E-state index contributed by atoms with van der Waals surface area (Å²) in [7, 11) is 0. The molecule has 0 aliphatic carbocycles. The van der Waals surface area contributed by atoms with Crippen molar-refractivity contribution < 1.29 is 0 Å². The summed E-state index contributed by atoms with van der Waals surface area (Å²) >= 11 is 0. The third kappa shape index (κ3) is 17.1. The lowest BCUT2D eigenvalue weighted by molar-refractivity contribution is 1.18. The Kier molecular flexibility index (Phi) is 23.6. The van der Waals surface area contributed by atoms with Crippen LogP contribution in [0.1, 0.15) is 0 Å². The third-order valence-electron chi connectivity index (χ3n) is 29.0. The normalized spacial score (nSPS) is 11.4. The SMILES string of the molecule is c1ccc(-c2ccc(N(c3ccc(-c4ccc(-n5c6ccccc6c6ccccc65)cc4)cc3)c3cccc4ccc5cccnc5c34)cc2)cc1.c1ccc(-c2ccc(N(c3ccc(-c4ccc5c(c4)c4ccccc4n5-c4ccccc4)cc3)c3cccc4ccc5cccnc5c34)cc2)cc1.c1ccc(-c2ccc(N(c3ccc(-c4cccc5ccc6cccnc6c45)cc3)c3ccccc3-c3ccccc3)cc2)cc1. The number of anilines is 9. The lowest BCUT2D eigenvalue weighted by Crippen LogP contribution is -2.11. The molecule has 0 aliphatic rings. The first-order chi connectivity index (χ1) is 73.9. The number of fused-ring (bicyclic) bond motifs is 15. The summed E-state index contributed by atoms with van der Waals surface area (Å²) in [5.74, 6) is 0. The second kappa shape index (κ2) is 39.4. The molecule has 0 radical (unpaired) electrons. The number of pyridine rings is 3. The summed E-state index contributed by atoms with van der Waals surface area (Å²) < 4.78 is 4.72. The van der Waals surface area contributed by atoms with Gasteiger partial charge in [0.25, 0.3) is 0 Å². The zero-order valence-electron chi connectivity index (χ0n) is 81.5. The van der Waals surface area contributed by atoms with Gasteiger partial charge in [0.1, 0.15) is 0 Å². The van der Waals surface area contributed by atoms with Gasteiger partial charge in [-0.2, -0.15) is 0 Å². The molecule has 700 valence electrons. The Morgan fingerprint density at radius 1 is 0.148 bits per heavy atom. The molecule has 23 aromatic carbocycles. The minimum absolute atomic E-state index is 1.00. The second-order valence-corrected chi connectivity index (χ2v) is 37.7. The highest BCUT2D eigenvalue weighted by atomic mass is 15.2. The maximum atomic E-state index is 4.89. The molecule has 0 saturated carbocycles. The van der Waals surface area contributed by atoms with E-state index in [1.165, 1.54) is 138 Å². The molecule has 0 unspecified atom stereocenters. The molecule has 0 spiro atoms. The van der Waals surface area contributed by atoms with E-state index in [9.17, 15) is 0 Å². The smallest absolute Gasteiger partial charge is 0.0801 e. The molecular weight excluding hydrogens is 1810 g/mol. The van der Waals surface area contributed by atoms with E-state index in [1.54, 1.807) is 0 Å². The van der Waals surface area contributed by atoms with E-state index < -0.39 is 0 Å². The number of hydrogen-bond donors (Lipinski definition) is 0. The van der Waals surface area contributed by atoms with Gasteiger partial charge in [-0.25, -0.2) is 0 Å². The van der Waals surface area contributed by atoms with E-state index in [2.05, 4.69) is 570 Å². The van der Waals surface area contributed by atoms with Crippen LogP contribution in [-0.2, 0) is 0 Å². The molecule has 149 heavy (non-hydrogen) atoms. The summed E-state index contributed by atoms with van der Waals surface area (Å²) in [5.41, 5.74) is 36.7. The Morgan fingerprint density at radius 2 is 0.403 bits per heavy atom. The molecule has 0 saturated heterocycles. The van der Waals surface area contributed by atoms with Crippen LogP contribution in [0.4, 0.5) is 51.2 Å². The fourth-order valence-corrected chi connectivity index (χ4v) is 21.8. The number of rotatable bonds is 18. The van der Waals surface area contributed by atoms with E-state index in [1.807, 2.05) is 36.8 Å². The lowest BCUT2D eigenvalue weighted by Gasteiger charge is -2.28. The van der Waals surface area contributed by atoms with Gasteiger partial charge in [0.05, 0.1) is 55.7 Å². The number of aromatic nitrogens is 5. The average Bonchev–Trinajstić information content (AvgIpc) is 1.34. The van der Waals surface area contributed by atoms with E-state index in [0.29, 0.717) is 0 Å². The van der Waals surface area contributed by atoms with E-state index in [0.717, 1.165) is 111 Å². The summed E-state index contributed by atoms with van der Waals surface area (Å²) in [6.07, 6.45) is 5.66. The molecule has 8 nitrogen and oxygen atoms in total. The second-order valence-electron chi connectivity index (χ2n) is 37.7. The first-order valence-electron chi connectivity index (χ1n) is 50.7. The Labute approximate surface area is 864 Å². The predicted molar refractivity (Wildman–Crippen MR) is 629 cm³/mol. The van der Waals surface area contributed by atoms with Crippen molar-refractivity contribution in [3.8, 4) is 89.3 Å². The highest BCUT2D eigenvalue weighted by molar-refractivity contribution is 6.17. The van der Waals surface area contributed by atoms with Gasteiger partial charge in [0, 0.05) is 124 Å². The van der Waals surface area contributed by atoms with Gasteiger partial charge in [-0.15, -0.1) is 0 Å². The van der Waals surface area contributed by atoms with Gasteiger partial charge in [-0.1, -0.05) is 400 Å². The predicted octanol–water partition coefficient (Wildman–Crippen LogP) is 38.4. The monoisotopic (exact) mass is 1900 g/mol. The molecule has 0 fully saturated rings. The van der Waals surface area contributed by atoms with Crippen molar-refractivity contribution in [2.24, 2.45) is 0 Å². The van der Waals surface area contributed by atoms with Crippen LogP contribution in [0.3, 0.4) is 0 Å². The van der Waals surface area contributed by atoms with Crippen molar-refractivity contribution >= 4 is 160 Å². The van der Waals surface area contributed by atoms with E-state index >= 15 is 0 Å². The first kappa shape index (κ1) is 89.2. The first-order valence-corrected chi connectivity index (χ1v) is 50.7. The summed E-state index contributed by atoms with van der Waals surface area (Å²) in [6.45, 7) is 0. The van der Waals surface area contributed by atoms with Crippen molar-refractivity contribution in [3.05, 3.63) is 583 Å². The standard InChI is InChI=1S/2C49H33N3.C43H30N2/c1-3-11-34(12-4-1)35-22-27-41(28-23-35)51(47-19-9-13-37-20-21-38-14-10-32-50-49(38)48(37)47)42-29-24-36(25-30-42)39-26-31-46-44(33-39)43-17-7-8-18-45(43)52(46)40-15-5-2-6-16-40;1-2-10-34(11-3-1)35-21-27-40(28-22-35)51(47-18-8-12-38-19-20-39-13-9-33-50-49(39)48(38)47)41-29-23-36(24-30-41)37-25-31-42(32-26-37)52-45-16-6-4-14-43(45)44-15-5-7-17-46(44)52;1-3-11-31(12-4-1)32-22-26-37(27-23-32)45(41-19-8-7-17-39(41)33-13-5-2-6-14-33)38-28-24-34(25-29-38)40-18-9-15-35-20-21-36-16-10-30-44-43(36)42(35)40/h2*1-33H;1-30H. The summed E-state index contributed by atoms with van der Waals surface area (Å²) in [4.78, 5) is 21.6. The summed E-state index contributed by atoms with van der Waals surface area (Å²) in [5, 5.41) is 15.4. The Hall–Kier alpha value is -19.9. The highest BCUT2D eigenvalue weighted by Gasteiger charge is 2.25. The molecule has 0 atom stereocenters. The van der Waals surface area contributed by atoms with Crippen LogP contribution >= 0.6 is 0 Å². The zero-order valence-corrected chi connectivity index (χ0v) is 81.5. The van der Waals surface area contributed by atoms with Gasteiger partial charge in [-0.3, -0.25) is 15.0 Å². The lowest BCUT2D eigenvalue weighted by atomic mass is 9.95. The third-order valence-corrected chi connectivity index (χ3v) is 29.0. The van der Waals surface area contributed by atoms with Crippen LogP contribution < -0.4 is 14.7 Å². The number of benzene rings is 23. The zero-order chi connectivity index (χ0) is 98.9. The topological polar surface area (TPSA) is 58.3 Å². The number of hydrogen-bond acceptors (Lipinski definition) is 6. The van der Waals surface area contributed by atoms with Crippen molar-refractivity contribution in [3.63, 3.8) is 0 Å². The van der Waals surface area contributed by atoms with Gasteiger partial charge in [-0.05, 0) is 252 Å². The fraction of sp³-hybridized carbons (Fsp3) is 0. The minimum atomic E-state index is 1.00. The maximum absolute atomic E-state index is 4.89. The largest absolute Gasteiger partial charge is 0.310 e. The van der Waals surface area contributed by atoms with Crippen molar-refractivity contribution in [2.75, 3.05) is 14.7 Å². The molecule has 8 heteroatoms.